The van der Waals surface area contributed by atoms with E-state index in [0.29, 0.717) is 6.42 Å². The topological polar surface area (TPSA) is 83.9 Å². The second-order valence-electron chi connectivity index (χ2n) is 5.93. The molecule has 1 amide bonds. The number of ether oxygens (including phenoxy) is 1. The number of β-amino-alcohol motifs (C(OH)–C–C–N with tert-alkyl or cyclic N) is 1. The number of amides is 1. The molecule has 0 bridgehead atoms. The highest BCUT2D eigenvalue weighted by Gasteiger charge is 2.39. The fraction of sp³-hybridized carbons (Fsp3) is 0.533. The summed E-state index contributed by atoms with van der Waals surface area (Å²) in [4.78, 5) is 13.6. The molecule has 0 spiro atoms. The van der Waals surface area contributed by atoms with Crippen molar-refractivity contribution in [3.63, 3.8) is 0 Å². The third-order valence-corrected chi connectivity index (χ3v) is 4.94. The van der Waals surface area contributed by atoms with Crippen LogP contribution < -0.4 is 4.74 Å². The first-order chi connectivity index (χ1) is 11.4. The van der Waals surface area contributed by atoms with Crippen molar-refractivity contribution in [2.45, 2.75) is 36.6 Å². The Hall–Kier alpha value is -1.81. The van der Waals surface area contributed by atoms with E-state index in [-0.39, 0.29) is 29.3 Å². The van der Waals surface area contributed by atoms with Crippen LogP contribution >= 0.6 is 0 Å². The van der Waals surface area contributed by atoms with Gasteiger partial charge in [-0.3, -0.25) is 4.79 Å². The van der Waals surface area contributed by atoms with E-state index in [9.17, 15) is 31.5 Å². The monoisotopic (exact) mass is 381 g/mol. The Kier molecular flexibility index (Phi) is 5.33. The third-order valence-electron chi connectivity index (χ3n) is 3.82. The first kappa shape index (κ1) is 19.5. The summed E-state index contributed by atoms with van der Waals surface area (Å²) in [5, 5.41) is 9.53. The molecule has 0 saturated carbocycles. The molecule has 10 heteroatoms. The van der Waals surface area contributed by atoms with Gasteiger partial charge < -0.3 is 14.7 Å². The van der Waals surface area contributed by atoms with Crippen LogP contribution in [0.25, 0.3) is 0 Å². The lowest BCUT2D eigenvalue weighted by Crippen LogP contribution is -2.33. The largest absolute Gasteiger partial charge is 0.480 e. The maximum atomic E-state index is 12.7. The lowest BCUT2D eigenvalue weighted by Gasteiger charge is -2.22. The van der Waals surface area contributed by atoms with Crippen LogP contribution in [0.3, 0.4) is 0 Å². The van der Waals surface area contributed by atoms with Gasteiger partial charge in [-0.15, -0.1) is 0 Å². The van der Waals surface area contributed by atoms with Gasteiger partial charge in [-0.25, -0.2) is 8.42 Å². The van der Waals surface area contributed by atoms with Gasteiger partial charge in [0.05, 0.1) is 16.6 Å². The van der Waals surface area contributed by atoms with Gasteiger partial charge in [-0.1, -0.05) is 0 Å². The standard InChI is InChI=1S/C15H18F3NO5S/c1-9(15(16,17)18)24-13-4-3-11(25(2,22)23)7-12(13)14(21)19-6-5-10(20)8-19/h3-4,7,9-10,20H,5-6,8H2,1-2H3/t9-,10?/m0/s1. The van der Waals surface area contributed by atoms with Crippen LogP contribution in [-0.4, -0.2) is 62.1 Å². The van der Waals surface area contributed by atoms with E-state index in [1.54, 1.807) is 0 Å². The third kappa shape index (κ3) is 4.63. The number of benzene rings is 1. The first-order valence-electron chi connectivity index (χ1n) is 7.44. The summed E-state index contributed by atoms with van der Waals surface area (Å²) in [5.74, 6) is -1.05. The lowest BCUT2D eigenvalue weighted by atomic mass is 10.1. The Bertz CT molecular complexity index is 763. The zero-order valence-corrected chi connectivity index (χ0v) is 14.4. The normalized spacial score (nSPS) is 19.8. The molecule has 25 heavy (non-hydrogen) atoms. The summed E-state index contributed by atoms with van der Waals surface area (Å²) in [6.45, 7) is 1.03. The number of aliphatic hydroxyl groups excluding tert-OH is 1. The van der Waals surface area contributed by atoms with Crippen molar-refractivity contribution in [3.05, 3.63) is 23.8 Å². The van der Waals surface area contributed by atoms with Crippen molar-refractivity contribution in [1.29, 1.82) is 0 Å². The first-order valence-corrected chi connectivity index (χ1v) is 9.33. The van der Waals surface area contributed by atoms with Crippen LogP contribution in [0.5, 0.6) is 5.75 Å². The minimum Gasteiger partial charge on any atom is -0.480 e. The lowest BCUT2D eigenvalue weighted by molar-refractivity contribution is -0.189. The highest BCUT2D eigenvalue weighted by Crippen LogP contribution is 2.30. The van der Waals surface area contributed by atoms with Gasteiger partial charge in [-0.2, -0.15) is 13.2 Å². The summed E-state index contributed by atoms with van der Waals surface area (Å²) in [5.41, 5.74) is -0.284. The quantitative estimate of drug-likeness (QED) is 0.857. The molecule has 0 radical (unpaired) electrons. The summed E-state index contributed by atoms with van der Waals surface area (Å²) >= 11 is 0. The maximum Gasteiger partial charge on any atom is 0.425 e. The van der Waals surface area contributed by atoms with E-state index in [0.717, 1.165) is 31.4 Å². The van der Waals surface area contributed by atoms with Crippen LogP contribution in [0, 0.1) is 0 Å². The molecule has 1 aliphatic heterocycles. The number of aliphatic hydroxyl groups is 1. The number of rotatable bonds is 4. The number of hydrogen-bond donors (Lipinski definition) is 1. The fourth-order valence-corrected chi connectivity index (χ4v) is 3.01. The molecule has 1 N–H and O–H groups in total. The highest BCUT2D eigenvalue weighted by atomic mass is 32.2. The van der Waals surface area contributed by atoms with Crippen LogP contribution in [0.15, 0.2) is 23.1 Å². The minimum absolute atomic E-state index is 0.0240. The molecule has 1 heterocycles. The van der Waals surface area contributed by atoms with Crippen LogP contribution in [0.2, 0.25) is 0 Å². The van der Waals surface area contributed by atoms with E-state index in [1.807, 2.05) is 0 Å². The second kappa shape index (κ2) is 6.83. The van der Waals surface area contributed by atoms with Crippen molar-refractivity contribution in [1.82, 2.24) is 4.90 Å². The molecular weight excluding hydrogens is 363 g/mol. The second-order valence-corrected chi connectivity index (χ2v) is 7.94. The highest BCUT2D eigenvalue weighted by molar-refractivity contribution is 7.90. The number of hydrogen-bond acceptors (Lipinski definition) is 5. The number of sulfone groups is 1. The van der Waals surface area contributed by atoms with E-state index in [2.05, 4.69) is 0 Å². The van der Waals surface area contributed by atoms with E-state index in [1.165, 1.54) is 4.90 Å². The molecule has 2 rings (SSSR count). The van der Waals surface area contributed by atoms with Gasteiger partial charge >= 0.3 is 6.18 Å². The van der Waals surface area contributed by atoms with Gasteiger partial charge in [0.2, 0.25) is 0 Å². The van der Waals surface area contributed by atoms with Crippen molar-refractivity contribution in [2.75, 3.05) is 19.3 Å². The number of nitrogens with zero attached hydrogens (tertiary/aromatic N) is 1. The number of alkyl halides is 3. The zero-order chi connectivity index (χ0) is 19.0. The molecule has 6 nitrogen and oxygen atoms in total. The van der Waals surface area contributed by atoms with Gasteiger partial charge in [0.15, 0.2) is 15.9 Å². The average molecular weight is 381 g/mol. The number of carbonyl (C=O) groups excluding carboxylic acids is 1. The molecular formula is C15H18F3NO5S. The van der Waals surface area contributed by atoms with Crippen LogP contribution in [0.4, 0.5) is 13.2 Å². The summed E-state index contributed by atoms with van der Waals surface area (Å²) in [6.07, 6.45) is -6.27. The molecule has 1 fully saturated rings. The fourth-order valence-electron chi connectivity index (χ4n) is 2.36. The van der Waals surface area contributed by atoms with Crippen molar-refractivity contribution in [3.8, 4) is 5.75 Å². The Morgan fingerprint density at radius 1 is 1.40 bits per heavy atom. The molecule has 1 saturated heterocycles. The predicted molar refractivity (Wildman–Crippen MR) is 82.2 cm³/mol. The molecule has 2 atom stereocenters. The number of carbonyl (C=O) groups is 1. The SMILES string of the molecule is C[C@H](Oc1ccc(S(C)(=O)=O)cc1C(=O)N1CCC(O)C1)C(F)(F)F. The number of likely N-dealkylation sites (tertiary alicyclic amines) is 1. The average Bonchev–Trinajstić information content (AvgIpc) is 2.91. The van der Waals surface area contributed by atoms with Gasteiger partial charge in [-0.05, 0) is 31.5 Å². The molecule has 1 aliphatic rings. The molecule has 0 aliphatic carbocycles. The van der Waals surface area contributed by atoms with Crippen LogP contribution in [0.1, 0.15) is 23.7 Å². The minimum atomic E-state index is -4.64. The Morgan fingerprint density at radius 3 is 2.52 bits per heavy atom. The van der Waals surface area contributed by atoms with E-state index < -0.39 is 34.1 Å². The van der Waals surface area contributed by atoms with Crippen molar-refractivity contribution >= 4 is 15.7 Å². The van der Waals surface area contributed by atoms with E-state index in [4.69, 9.17) is 4.74 Å². The van der Waals surface area contributed by atoms with E-state index >= 15 is 0 Å². The molecule has 140 valence electrons. The Labute approximate surface area is 143 Å². The van der Waals surface area contributed by atoms with Gasteiger partial charge in [0, 0.05) is 19.3 Å². The van der Waals surface area contributed by atoms with Gasteiger partial charge in [0.25, 0.3) is 5.91 Å². The molecule has 1 aromatic rings. The smallest absolute Gasteiger partial charge is 0.425 e. The zero-order valence-electron chi connectivity index (χ0n) is 13.6. The van der Waals surface area contributed by atoms with Crippen LogP contribution in [-0.2, 0) is 9.84 Å². The molecule has 1 unspecified atom stereocenters. The molecule has 1 aromatic carbocycles. The van der Waals surface area contributed by atoms with Gasteiger partial charge in [0.1, 0.15) is 5.75 Å². The van der Waals surface area contributed by atoms with Crippen molar-refractivity contribution < 1.29 is 36.2 Å². The number of halogens is 3. The Balaban J connectivity index is 2.43. The Morgan fingerprint density at radius 2 is 2.04 bits per heavy atom. The summed E-state index contributed by atoms with van der Waals surface area (Å²) < 4.78 is 66.4. The molecule has 0 aromatic heterocycles. The summed E-state index contributed by atoms with van der Waals surface area (Å²) in [6, 6.07) is 3.13. The summed E-state index contributed by atoms with van der Waals surface area (Å²) in [7, 11) is -3.66. The van der Waals surface area contributed by atoms with Crippen molar-refractivity contribution in [2.24, 2.45) is 0 Å². The predicted octanol–water partition coefficient (Wildman–Crippen LogP) is 1.63. The maximum absolute atomic E-state index is 12.7.